The van der Waals surface area contributed by atoms with E-state index in [1.807, 2.05) is 36.2 Å². The average molecular weight is 331 g/mol. The fourth-order valence-electron chi connectivity index (χ4n) is 3.56. The summed E-state index contributed by atoms with van der Waals surface area (Å²) in [6.45, 7) is 2.00. The van der Waals surface area contributed by atoms with E-state index in [1.165, 1.54) is 0 Å². The Labute approximate surface area is 142 Å². The van der Waals surface area contributed by atoms with Crippen molar-refractivity contribution in [2.75, 3.05) is 38.7 Å². The number of nitrogens with one attached hydrogen (secondary N) is 1. The molecule has 2 saturated heterocycles. The molecule has 1 aromatic rings. The molecule has 0 spiro atoms. The Bertz CT molecular complexity index is 602. The van der Waals surface area contributed by atoms with Crippen LogP contribution >= 0.6 is 0 Å². The summed E-state index contributed by atoms with van der Waals surface area (Å²) in [7, 11) is 3.55. The number of carbonyl (C=O) groups excluding carboxylic acids is 2. The van der Waals surface area contributed by atoms with Gasteiger partial charge >= 0.3 is 0 Å². The maximum Gasteiger partial charge on any atom is 0.228 e. The number of likely N-dealkylation sites (tertiary alicyclic amines) is 1. The zero-order valence-electron chi connectivity index (χ0n) is 14.3. The van der Waals surface area contributed by atoms with Crippen LogP contribution in [0.25, 0.3) is 0 Å². The second-order valence-electron chi connectivity index (χ2n) is 6.52. The van der Waals surface area contributed by atoms with Gasteiger partial charge in [-0.05, 0) is 44.2 Å². The van der Waals surface area contributed by atoms with Gasteiger partial charge in [0, 0.05) is 37.8 Å². The summed E-state index contributed by atoms with van der Waals surface area (Å²) >= 11 is 0. The van der Waals surface area contributed by atoms with Gasteiger partial charge < -0.3 is 19.9 Å². The molecule has 3 rings (SSSR count). The van der Waals surface area contributed by atoms with Crippen LogP contribution in [0.15, 0.2) is 24.3 Å². The van der Waals surface area contributed by atoms with E-state index in [9.17, 15) is 9.59 Å². The summed E-state index contributed by atoms with van der Waals surface area (Å²) in [4.78, 5) is 28.8. The molecule has 2 unspecified atom stereocenters. The van der Waals surface area contributed by atoms with Crippen molar-refractivity contribution in [3.05, 3.63) is 24.3 Å². The van der Waals surface area contributed by atoms with Gasteiger partial charge in [0.05, 0.1) is 13.0 Å². The number of amides is 2. The van der Waals surface area contributed by atoms with E-state index in [4.69, 9.17) is 4.74 Å². The Morgan fingerprint density at radius 3 is 2.67 bits per heavy atom. The van der Waals surface area contributed by atoms with E-state index in [-0.39, 0.29) is 17.7 Å². The molecule has 2 aliphatic rings. The van der Waals surface area contributed by atoms with Crippen LogP contribution in [0.5, 0.6) is 5.75 Å². The minimum atomic E-state index is -0.241. The van der Waals surface area contributed by atoms with Crippen molar-refractivity contribution in [2.24, 2.45) is 5.92 Å². The van der Waals surface area contributed by atoms with Crippen molar-refractivity contribution in [1.82, 2.24) is 10.2 Å². The number of nitrogens with zero attached hydrogens (tertiary/aromatic N) is 2. The van der Waals surface area contributed by atoms with E-state index in [1.54, 1.807) is 12.0 Å². The smallest absolute Gasteiger partial charge is 0.228 e. The number of carbonyl (C=O) groups is 2. The maximum absolute atomic E-state index is 12.8. The third-order valence-electron chi connectivity index (χ3n) is 5.00. The van der Waals surface area contributed by atoms with Gasteiger partial charge in [0.15, 0.2) is 0 Å². The first-order chi connectivity index (χ1) is 11.6. The van der Waals surface area contributed by atoms with Gasteiger partial charge in [0.1, 0.15) is 5.75 Å². The maximum atomic E-state index is 12.8. The third kappa shape index (κ3) is 3.38. The molecule has 6 heteroatoms. The molecule has 0 aliphatic carbocycles. The van der Waals surface area contributed by atoms with E-state index in [0.717, 1.165) is 37.4 Å². The molecule has 2 aliphatic heterocycles. The predicted molar refractivity (Wildman–Crippen MR) is 92.1 cm³/mol. The fraction of sp³-hybridized carbons (Fsp3) is 0.556. The Morgan fingerprint density at radius 1 is 1.25 bits per heavy atom. The summed E-state index contributed by atoms with van der Waals surface area (Å²) < 4.78 is 5.15. The molecule has 6 nitrogen and oxygen atoms in total. The van der Waals surface area contributed by atoms with Crippen LogP contribution in [0.3, 0.4) is 0 Å². The lowest BCUT2D eigenvalue weighted by molar-refractivity contribution is -0.137. The molecule has 2 fully saturated rings. The van der Waals surface area contributed by atoms with Crippen LogP contribution < -0.4 is 15.0 Å². The normalized spacial score (nSPS) is 24.3. The lowest BCUT2D eigenvalue weighted by atomic mass is 10.0. The van der Waals surface area contributed by atoms with Crippen LogP contribution in [0.2, 0.25) is 0 Å². The minimum absolute atomic E-state index is 0.0145. The molecule has 2 amide bonds. The quantitative estimate of drug-likeness (QED) is 0.902. The Hall–Kier alpha value is -2.08. The molecule has 0 bridgehead atoms. The number of hydrogen-bond donors (Lipinski definition) is 1. The molecule has 130 valence electrons. The standard InChI is InChI=1S/C18H25N3O3/c1-19-14-4-3-9-20(12-14)18(23)13-10-17(22)21(11-13)15-5-7-16(24-2)8-6-15/h5-8,13-14,19H,3-4,9-12H2,1-2H3. The number of benzene rings is 1. The lowest BCUT2D eigenvalue weighted by Crippen LogP contribution is -2.49. The van der Waals surface area contributed by atoms with Gasteiger partial charge in [-0.3, -0.25) is 9.59 Å². The largest absolute Gasteiger partial charge is 0.497 e. The van der Waals surface area contributed by atoms with Crippen molar-refractivity contribution < 1.29 is 14.3 Å². The highest BCUT2D eigenvalue weighted by Crippen LogP contribution is 2.28. The second-order valence-corrected chi connectivity index (χ2v) is 6.52. The molecule has 24 heavy (non-hydrogen) atoms. The first-order valence-corrected chi connectivity index (χ1v) is 8.53. The zero-order chi connectivity index (χ0) is 17.1. The van der Waals surface area contributed by atoms with Gasteiger partial charge in [-0.25, -0.2) is 0 Å². The number of rotatable bonds is 4. The first kappa shape index (κ1) is 16.8. The Balaban J connectivity index is 1.66. The molecule has 0 radical (unpaired) electrons. The summed E-state index contributed by atoms with van der Waals surface area (Å²) in [5, 5.41) is 3.25. The molecular weight excluding hydrogens is 306 g/mol. The SMILES string of the molecule is CNC1CCCN(C(=O)C2CC(=O)N(c3ccc(OC)cc3)C2)C1. The summed E-state index contributed by atoms with van der Waals surface area (Å²) in [5.74, 6) is 0.639. The van der Waals surface area contributed by atoms with E-state index in [0.29, 0.717) is 19.0 Å². The molecular formula is C18H25N3O3. The van der Waals surface area contributed by atoms with E-state index < -0.39 is 0 Å². The number of likely N-dealkylation sites (N-methyl/N-ethyl adjacent to an activating group) is 1. The number of ether oxygens (including phenoxy) is 1. The number of methoxy groups -OCH3 is 1. The summed E-state index contributed by atoms with van der Waals surface area (Å²) in [6.07, 6.45) is 2.41. The van der Waals surface area contributed by atoms with Crippen molar-refractivity contribution in [3.8, 4) is 5.75 Å². The number of hydrogen-bond acceptors (Lipinski definition) is 4. The summed E-state index contributed by atoms with van der Waals surface area (Å²) in [6, 6.07) is 7.75. The monoisotopic (exact) mass is 331 g/mol. The average Bonchev–Trinajstić information content (AvgIpc) is 3.03. The van der Waals surface area contributed by atoms with Gasteiger partial charge in [-0.2, -0.15) is 0 Å². The topological polar surface area (TPSA) is 61.9 Å². The second kappa shape index (κ2) is 7.21. The van der Waals surface area contributed by atoms with Crippen LogP contribution in [0.4, 0.5) is 5.69 Å². The van der Waals surface area contributed by atoms with Crippen LogP contribution in [0.1, 0.15) is 19.3 Å². The van der Waals surface area contributed by atoms with E-state index in [2.05, 4.69) is 5.32 Å². The highest BCUT2D eigenvalue weighted by atomic mass is 16.5. The third-order valence-corrected chi connectivity index (χ3v) is 5.00. The molecule has 0 aromatic heterocycles. The van der Waals surface area contributed by atoms with Crippen molar-refractivity contribution in [1.29, 1.82) is 0 Å². The first-order valence-electron chi connectivity index (χ1n) is 8.53. The van der Waals surface area contributed by atoms with Crippen molar-refractivity contribution in [2.45, 2.75) is 25.3 Å². The van der Waals surface area contributed by atoms with Crippen LogP contribution in [-0.2, 0) is 9.59 Å². The van der Waals surface area contributed by atoms with Gasteiger partial charge in [-0.15, -0.1) is 0 Å². The molecule has 1 aromatic carbocycles. The molecule has 1 N–H and O–H groups in total. The molecule has 0 saturated carbocycles. The predicted octanol–water partition coefficient (Wildman–Crippen LogP) is 1.26. The molecule has 2 heterocycles. The molecule has 2 atom stereocenters. The van der Waals surface area contributed by atoms with Crippen molar-refractivity contribution in [3.63, 3.8) is 0 Å². The van der Waals surface area contributed by atoms with Gasteiger partial charge in [0.2, 0.25) is 11.8 Å². The number of anilines is 1. The Kier molecular flexibility index (Phi) is 5.04. The number of piperidine rings is 1. The highest BCUT2D eigenvalue weighted by molar-refractivity contribution is 6.00. The lowest BCUT2D eigenvalue weighted by Gasteiger charge is -2.34. The van der Waals surface area contributed by atoms with Gasteiger partial charge in [0.25, 0.3) is 0 Å². The summed E-state index contributed by atoms with van der Waals surface area (Å²) in [5.41, 5.74) is 0.822. The van der Waals surface area contributed by atoms with Crippen LogP contribution in [0, 0.1) is 5.92 Å². The van der Waals surface area contributed by atoms with E-state index >= 15 is 0 Å². The fourth-order valence-corrected chi connectivity index (χ4v) is 3.56. The Morgan fingerprint density at radius 2 is 2.00 bits per heavy atom. The minimum Gasteiger partial charge on any atom is -0.497 e. The highest BCUT2D eigenvalue weighted by Gasteiger charge is 2.38. The zero-order valence-corrected chi connectivity index (χ0v) is 14.3. The van der Waals surface area contributed by atoms with Crippen molar-refractivity contribution >= 4 is 17.5 Å². The van der Waals surface area contributed by atoms with Gasteiger partial charge in [-0.1, -0.05) is 0 Å². The van der Waals surface area contributed by atoms with Crippen LogP contribution in [-0.4, -0.2) is 56.5 Å².